The van der Waals surface area contributed by atoms with E-state index in [9.17, 15) is 0 Å². The number of hydrogen-bond acceptors (Lipinski definition) is 3. The monoisotopic (exact) mass is 385 g/mol. The van der Waals surface area contributed by atoms with Gasteiger partial charge in [-0.2, -0.15) is 0 Å². The first-order chi connectivity index (χ1) is 10.9. The van der Waals surface area contributed by atoms with Gasteiger partial charge in [-0.15, -0.1) is 0 Å². The van der Waals surface area contributed by atoms with E-state index in [1.807, 2.05) is 0 Å². The highest BCUT2D eigenvalue weighted by molar-refractivity contribution is 6.89. The van der Waals surface area contributed by atoms with E-state index in [0.717, 1.165) is 0 Å². The van der Waals surface area contributed by atoms with E-state index in [-0.39, 0.29) is 11.1 Å². The normalized spacial score (nSPS) is 23.4. The van der Waals surface area contributed by atoms with Crippen LogP contribution in [0.2, 0.25) is 39.3 Å². The minimum atomic E-state index is -1.37. The summed E-state index contributed by atoms with van der Waals surface area (Å²) < 4.78 is 2.97. The van der Waals surface area contributed by atoms with Crippen molar-refractivity contribution in [2.75, 3.05) is 6.54 Å². The third-order valence-corrected chi connectivity index (χ3v) is 14.1. The Hall–Kier alpha value is 0.314. The maximum absolute atomic E-state index is 2.97. The Kier molecular flexibility index (Phi) is 6.58. The summed E-state index contributed by atoms with van der Waals surface area (Å²) in [6, 6.07) is 1.10. The predicted octanol–water partition coefficient (Wildman–Crippen LogP) is 5.28. The lowest BCUT2D eigenvalue weighted by Gasteiger charge is -2.49. The fourth-order valence-electron chi connectivity index (χ4n) is 5.38. The Balaban J connectivity index is 3.45. The van der Waals surface area contributed by atoms with Crippen LogP contribution in [0.5, 0.6) is 0 Å². The second-order valence-corrected chi connectivity index (χ2v) is 21.8. The van der Waals surface area contributed by atoms with Gasteiger partial charge in [-0.05, 0) is 55.4 Å². The lowest BCUT2D eigenvalue weighted by molar-refractivity contribution is 0.0435. The summed E-state index contributed by atoms with van der Waals surface area (Å²) in [5.41, 5.74) is 0.307. The number of rotatable bonds is 6. The molecular weight excluding hydrogens is 338 g/mol. The average Bonchev–Trinajstić information content (AvgIpc) is 2.46. The van der Waals surface area contributed by atoms with Gasteiger partial charge in [0.05, 0.1) is 6.17 Å². The van der Waals surface area contributed by atoms with E-state index in [4.69, 9.17) is 0 Å². The summed E-state index contributed by atoms with van der Waals surface area (Å²) >= 11 is 0. The van der Waals surface area contributed by atoms with E-state index < -0.39 is 16.5 Å². The van der Waals surface area contributed by atoms with Crippen LogP contribution in [0.1, 0.15) is 55.4 Å². The molecule has 1 aliphatic heterocycles. The standard InChI is InChI=1S/C20H47N3Si2/c1-16(2)22-18(15-21(24(9,10)11)25(12,13)14)23(17(3)4)20(7,8)19(22,5)6/h16-18H,15H2,1-14H3. The van der Waals surface area contributed by atoms with Crippen LogP contribution in [0.15, 0.2) is 0 Å². The van der Waals surface area contributed by atoms with Gasteiger partial charge in [-0.1, -0.05) is 39.3 Å². The summed E-state index contributed by atoms with van der Waals surface area (Å²) in [5, 5.41) is 0. The molecule has 1 fully saturated rings. The number of nitrogens with zero attached hydrogens (tertiary/aromatic N) is 3. The summed E-state index contributed by atoms with van der Waals surface area (Å²) in [6.45, 7) is 35.7. The van der Waals surface area contributed by atoms with Gasteiger partial charge in [-0.3, -0.25) is 9.80 Å². The molecule has 5 heteroatoms. The third-order valence-electron chi connectivity index (χ3n) is 6.51. The third kappa shape index (κ3) is 4.26. The van der Waals surface area contributed by atoms with Crippen molar-refractivity contribution in [3.8, 4) is 0 Å². The lowest BCUT2D eigenvalue weighted by Crippen LogP contribution is -2.65. The van der Waals surface area contributed by atoms with Crippen LogP contribution >= 0.6 is 0 Å². The molecule has 0 amide bonds. The molecule has 0 spiro atoms. The summed E-state index contributed by atoms with van der Waals surface area (Å²) in [5.74, 6) is 0. The van der Waals surface area contributed by atoms with Crippen molar-refractivity contribution in [2.45, 2.75) is 124 Å². The first-order valence-corrected chi connectivity index (χ1v) is 17.1. The molecule has 0 atom stereocenters. The van der Waals surface area contributed by atoms with Crippen LogP contribution in [-0.4, -0.2) is 66.4 Å². The highest BCUT2D eigenvalue weighted by Gasteiger charge is 2.59. The second-order valence-electron chi connectivity index (χ2n) is 11.6. The van der Waals surface area contributed by atoms with Crippen molar-refractivity contribution in [1.29, 1.82) is 0 Å². The first kappa shape index (κ1) is 23.4. The zero-order valence-electron chi connectivity index (χ0n) is 19.8. The molecule has 150 valence electrons. The van der Waals surface area contributed by atoms with Gasteiger partial charge in [0.25, 0.3) is 0 Å². The van der Waals surface area contributed by atoms with Crippen LogP contribution in [0.3, 0.4) is 0 Å². The zero-order chi connectivity index (χ0) is 20.2. The van der Waals surface area contributed by atoms with Gasteiger partial charge in [0.2, 0.25) is 0 Å². The molecule has 0 aromatic rings. The molecule has 0 aromatic heterocycles. The van der Waals surface area contributed by atoms with Crippen LogP contribution in [0.4, 0.5) is 0 Å². The molecule has 0 unspecified atom stereocenters. The van der Waals surface area contributed by atoms with Crippen molar-refractivity contribution in [2.24, 2.45) is 0 Å². The highest BCUT2D eigenvalue weighted by atomic mass is 28.4. The molecule has 3 nitrogen and oxygen atoms in total. The molecule has 0 radical (unpaired) electrons. The molecule has 0 aliphatic carbocycles. The fraction of sp³-hybridized carbons (Fsp3) is 1.00. The summed E-state index contributed by atoms with van der Waals surface area (Å²) in [4.78, 5) is 5.61. The Morgan fingerprint density at radius 1 is 0.720 bits per heavy atom. The average molecular weight is 386 g/mol. The van der Waals surface area contributed by atoms with Crippen molar-refractivity contribution in [3.63, 3.8) is 0 Å². The van der Waals surface area contributed by atoms with E-state index in [2.05, 4.69) is 109 Å². The smallest absolute Gasteiger partial charge is 0.112 e. The van der Waals surface area contributed by atoms with Gasteiger partial charge >= 0.3 is 0 Å². The zero-order valence-corrected chi connectivity index (χ0v) is 21.8. The van der Waals surface area contributed by atoms with Crippen molar-refractivity contribution < 1.29 is 0 Å². The Morgan fingerprint density at radius 2 is 1.00 bits per heavy atom. The first-order valence-electron chi connectivity index (χ1n) is 10.2. The number of hydrogen-bond donors (Lipinski definition) is 0. The van der Waals surface area contributed by atoms with Crippen molar-refractivity contribution >= 4 is 16.5 Å². The Morgan fingerprint density at radius 3 is 1.20 bits per heavy atom. The van der Waals surface area contributed by atoms with Gasteiger partial charge < -0.3 is 4.23 Å². The van der Waals surface area contributed by atoms with Crippen LogP contribution in [0.25, 0.3) is 0 Å². The molecule has 1 heterocycles. The van der Waals surface area contributed by atoms with Gasteiger partial charge in [0.15, 0.2) is 0 Å². The van der Waals surface area contributed by atoms with Crippen molar-refractivity contribution in [1.82, 2.24) is 14.0 Å². The molecule has 25 heavy (non-hydrogen) atoms. The fourth-order valence-corrected chi connectivity index (χ4v) is 14.9. The van der Waals surface area contributed by atoms with E-state index in [0.29, 0.717) is 18.2 Å². The minimum absolute atomic E-state index is 0.153. The van der Waals surface area contributed by atoms with Crippen LogP contribution < -0.4 is 0 Å². The topological polar surface area (TPSA) is 9.72 Å². The Bertz CT molecular complexity index is 419. The molecule has 1 saturated heterocycles. The van der Waals surface area contributed by atoms with E-state index in [1.54, 1.807) is 0 Å². The molecule has 0 bridgehead atoms. The van der Waals surface area contributed by atoms with E-state index in [1.165, 1.54) is 6.54 Å². The predicted molar refractivity (Wildman–Crippen MR) is 119 cm³/mol. The van der Waals surface area contributed by atoms with Gasteiger partial charge in [0.1, 0.15) is 16.5 Å². The largest absolute Gasteiger partial charge is 0.343 e. The maximum atomic E-state index is 2.97. The second kappa shape index (κ2) is 7.04. The molecular formula is C20H47N3Si2. The summed E-state index contributed by atoms with van der Waals surface area (Å²) in [6.07, 6.45) is 0.489. The summed E-state index contributed by atoms with van der Waals surface area (Å²) in [7, 11) is -2.74. The highest BCUT2D eigenvalue weighted by Crippen LogP contribution is 2.46. The van der Waals surface area contributed by atoms with Crippen molar-refractivity contribution in [3.05, 3.63) is 0 Å². The molecule has 1 aliphatic rings. The van der Waals surface area contributed by atoms with E-state index >= 15 is 0 Å². The minimum Gasteiger partial charge on any atom is -0.343 e. The van der Waals surface area contributed by atoms with Crippen LogP contribution in [0, 0.1) is 0 Å². The van der Waals surface area contributed by atoms with Crippen LogP contribution in [-0.2, 0) is 0 Å². The molecule has 0 aromatic carbocycles. The molecule has 1 rings (SSSR count). The molecule has 0 N–H and O–H groups in total. The molecule has 0 saturated carbocycles. The maximum Gasteiger partial charge on any atom is 0.112 e. The lowest BCUT2D eigenvalue weighted by atomic mass is 9.81. The Labute approximate surface area is 161 Å². The quantitative estimate of drug-likeness (QED) is 0.576. The van der Waals surface area contributed by atoms with Gasteiger partial charge in [0, 0.05) is 29.7 Å². The SMILES string of the molecule is CC(C)N1C(CN([Si](C)(C)C)[Si](C)(C)C)N(C(C)C)C(C)(C)C1(C)C. The van der Waals surface area contributed by atoms with Gasteiger partial charge in [-0.25, -0.2) is 0 Å².